The third kappa shape index (κ3) is 4.80. The zero-order valence-corrected chi connectivity index (χ0v) is 18.8. The van der Waals surface area contributed by atoms with Gasteiger partial charge in [-0.1, -0.05) is 0 Å². The molecule has 0 spiro atoms. The number of halogens is 4. The molecule has 1 N–H and O–H groups in total. The number of carbonyl (C=O) groups is 1. The van der Waals surface area contributed by atoms with Crippen LogP contribution >= 0.6 is 0 Å². The third-order valence-electron chi connectivity index (χ3n) is 6.78. The van der Waals surface area contributed by atoms with E-state index in [-0.39, 0.29) is 24.2 Å². The number of hydrogen-bond acceptors (Lipinski definition) is 4. The summed E-state index contributed by atoms with van der Waals surface area (Å²) in [7, 11) is 0. The predicted octanol–water partition coefficient (Wildman–Crippen LogP) is 4.42. The minimum Gasteiger partial charge on any atom is -0.368 e. The number of hydrogen-bond donors (Lipinski definition) is 1. The maximum absolute atomic E-state index is 13.4. The van der Waals surface area contributed by atoms with Gasteiger partial charge < -0.3 is 15.1 Å². The number of benzene rings is 2. The molecular weight excluding hydrogens is 460 g/mol. The highest BCUT2D eigenvalue weighted by Crippen LogP contribution is 2.40. The molecule has 1 amide bonds. The predicted molar refractivity (Wildman–Crippen MR) is 124 cm³/mol. The van der Waals surface area contributed by atoms with Gasteiger partial charge in [0.1, 0.15) is 5.82 Å². The van der Waals surface area contributed by atoms with Crippen LogP contribution in [0.25, 0.3) is 0 Å². The standard InChI is InChI=1S/C26H24F4N4O/c27-20-2-4-21(5-3-20)33-11-12-34-23-6-1-19(26(28,29)30)13-18(23)14-22(24(34)16-33)25(35)32-15-17-7-9-31-10-8-17/h1-10,13,22,24H,11-12,14-16H2,(H,32,35)/t22-,24+/m0/s1. The summed E-state index contributed by atoms with van der Waals surface area (Å²) in [4.78, 5) is 21.5. The molecule has 2 aromatic carbocycles. The number of fused-ring (bicyclic) bond motifs is 3. The summed E-state index contributed by atoms with van der Waals surface area (Å²) in [6, 6.07) is 13.4. The number of anilines is 2. The highest BCUT2D eigenvalue weighted by atomic mass is 19.4. The molecule has 0 bridgehead atoms. The molecule has 1 aromatic heterocycles. The topological polar surface area (TPSA) is 48.5 Å². The van der Waals surface area contributed by atoms with Gasteiger partial charge in [0.15, 0.2) is 0 Å². The number of nitrogens with one attached hydrogen (secondary N) is 1. The van der Waals surface area contributed by atoms with E-state index >= 15 is 0 Å². The molecule has 0 saturated carbocycles. The Morgan fingerprint density at radius 3 is 2.49 bits per heavy atom. The Balaban J connectivity index is 1.44. The molecule has 3 aromatic rings. The highest BCUT2D eigenvalue weighted by molar-refractivity contribution is 5.82. The van der Waals surface area contributed by atoms with Crippen molar-refractivity contribution in [1.82, 2.24) is 10.3 Å². The first kappa shape index (κ1) is 23.1. The fourth-order valence-corrected chi connectivity index (χ4v) is 5.01. The molecule has 1 fully saturated rings. The molecule has 5 rings (SSSR count). The number of alkyl halides is 3. The first-order valence-electron chi connectivity index (χ1n) is 11.4. The van der Waals surface area contributed by atoms with Gasteiger partial charge in [0.25, 0.3) is 0 Å². The smallest absolute Gasteiger partial charge is 0.368 e. The van der Waals surface area contributed by atoms with Crippen molar-refractivity contribution in [2.45, 2.75) is 25.2 Å². The third-order valence-corrected chi connectivity index (χ3v) is 6.78. The quantitative estimate of drug-likeness (QED) is 0.557. The van der Waals surface area contributed by atoms with E-state index in [1.54, 1.807) is 36.7 Å². The molecule has 0 radical (unpaired) electrons. The molecular formula is C26H24F4N4O. The number of nitrogens with zero attached hydrogens (tertiary/aromatic N) is 3. The second kappa shape index (κ2) is 9.20. The van der Waals surface area contributed by atoms with Crippen LogP contribution in [-0.2, 0) is 23.9 Å². The van der Waals surface area contributed by atoms with Gasteiger partial charge in [-0.25, -0.2) is 4.39 Å². The minimum absolute atomic E-state index is 0.208. The molecule has 1 saturated heterocycles. The van der Waals surface area contributed by atoms with Crippen LogP contribution in [0.2, 0.25) is 0 Å². The SMILES string of the molecule is O=C(NCc1ccncc1)[C@H]1Cc2cc(C(F)(F)F)ccc2N2CCN(c3ccc(F)cc3)C[C@H]12. The Morgan fingerprint density at radius 1 is 1.03 bits per heavy atom. The summed E-state index contributed by atoms with van der Waals surface area (Å²) in [5.41, 5.74) is 2.28. The number of carbonyl (C=O) groups excluding carboxylic acids is 1. The zero-order valence-electron chi connectivity index (χ0n) is 18.8. The first-order valence-corrected chi connectivity index (χ1v) is 11.4. The fourth-order valence-electron chi connectivity index (χ4n) is 5.01. The van der Waals surface area contributed by atoms with E-state index in [9.17, 15) is 22.4 Å². The van der Waals surface area contributed by atoms with Crippen LogP contribution in [0.4, 0.5) is 28.9 Å². The van der Waals surface area contributed by atoms with E-state index in [1.807, 2.05) is 0 Å². The Kier molecular flexibility index (Phi) is 6.08. The fraction of sp³-hybridized carbons (Fsp3) is 0.308. The van der Waals surface area contributed by atoms with Crippen molar-refractivity contribution in [3.05, 3.63) is 89.5 Å². The van der Waals surface area contributed by atoms with E-state index in [1.165, 1.54) is 24.3 Å². The molecule has 5 nitrogen and oxygen atoms in total. The average molecular weight is 484 g/mol. The monoisotopic (exact) mass is 484 g/mol. The Hall–Kier alpha value is -3.62. The molecule has 2 aliphatic rings. The Labute approximate surface area is 200 Å². The van der Waals surface area contributed by atoms with E-state index in [4.69, 9.17) is 0 Å². The van der Waals surface area contributed by atoms with Gasteiger partial charge in [0.05, 0.1) is 17.5 Å². The van der Waals surface area contributed by atoms with Gasteiger partial charge >= 0.3 is 6.18 Å². The van der Waals surface area contributed by atoms with Crippen LogP contribution in [0, 0.1) is 11.7 Å². The lowest BCUT2D eigenvalue weighted by Crippen LogP contribution is -2.61. The highest BCUT2D eigenvalue weighted by Gasteiger charge is 2.42. The maximum Gasteiger partial charge on any atom is 0.416 e. The lowest BCUT2D eigenvalue weighted by Gasteiger charge is -2.49. The number of piperazine rings is 1. The van der Waals surface area contributed by atoms with Crippen molar-refractivity contribution in [2.24, 2.45) is 5.92 Å². The van der Waals surface area contributed by atoms with Crippen molar-refractivity contribution < 1.29 is 22.4 Å². The lowest BCUT2D eigenvalue weighted by molar-refractivity contribution is -0.137. The van der Waals surface area contributed by atoms with Crippen LogP contribution in [0.5, 0.6) is 0 Å². The second-order valence-electron chi connectivity index (χ2n) is 8.91. The number of pyridine rings is 1. The molecule has 0 aliphatic carbocycles. The van der Waals surface area contributed by atoms with E-state index in [0.717, 1.165) is 23.0 Å². The Morgan fingerprint density at radius 2 is 1.77 bits per heavy atom. The van der Waals surface area contributed by atoms with Gasteiger partial charge in [0.2, 0.25) is 5.91 Å². The zero-order chi connectivity index (χ0) is 24.6. The second-order valence-corrected chi connectivity index (χ2v) is 8.91. The molecule has 2 aliphatic heterocycles. The summed E-state index contributed by atoms with van der Waals surface area (Å²) >= 11 is 0. The first-order chi connectivity index (χ1) is 16.8. The van der Waals surface area contributed by atoms with Crippen LogP contribution < -0.4 is 15.1 Å². The molecule has 2 atom stereocenters. The van der Waals surface area contributed by atoms with Crippen molar-refractivity contribution in [3.63, 3.8) is 0 Å². The van der Waals surface area contributed by atoms with Gasteiger partial charge in [-0.3, -0.25) is 9.78 Å². The van der Waals surface area contributed by atoms with Crippen LogP contribution in [-0.4, -0.2) is 36.6 Å². The molecule has 35 heavy (non-hydrogen) atoms. The van der Waals surface area contributed by atoms with Gasteiger partial charge in [-0.05, 0) is 72.1 Å². The minimum atomic E-state index is -4.45. The number of amides is 1. The van der Waals surface area contributed by atoms with Crippen molar-refractivity contribution >= 4 is 17.3 Å². The van der Waals surface area contributed by atoms with Crippen LogP contribution in [0.3, 0.4) is 0 Å². The molecule has 9 heteroatoms. The largest absolute Gasteiger partial charge is 0.416 e. The maximum atomic E-state index is 13.4. The summed E-state index contributed by atoms with van der Waals surface area (Å²) in [6.45, 7) is 1.95. The summed E-state index contributed by atoms with van der Waals surface area (Å²) < 4.78 is 53.6. The lowest BCUT2D eigenvalue weighted by atomic mass is 9.82. The summed E-state index contributed by atoms with van der Waals surface area (Å²) in [5, 5.41) is 2.96. The van der Waals surface area contributed by atoms with Crippen molar-refractivity contribution in [1.29, 1.82) is 0 Å². The van der Waals surface area contributed by atoms with Crippen LogP contribution in [0.1, 0.15) is 16.7 Å². The van der Waals surface area contributed by atoms with E-state index < -0.39 is 17.7 Å². The summed E-state index contributed by atoms with van der Waals surface area (Å²) in [6.07, 6.45) is -0.965. The Bertz CT molecular complexity index is 1200. The number of aromatic nitrogens is 1. The average Bonchev–Trinajstić information content (AvgIpc) is 2.86. The molecule has 3 heterocycles. The van der Waals surface area contributed by atoms with E-state index in [0.29, 0.717) is 31.7 Å². The summed E-state index contributed by atoms with van der Waals surface area (Å²) in [5.74, 6) is -1.08. The van der Waals surface area contributed by atoms with Crippen LogP contribution in [0.15, 0.2) is 67.0 Å². The van der Waals surface area contributed by atoms with Crippen molar-refractivity contribution in [3.8, 4) is 0 Å². The molecule has 0 unspecified atom stereocenters. The normalized spacial score (nSPS) is 19.7. The van der Waals surface area contributed by atoms with E-state index in [2.05, 4.69) is 20.1 Å². The molecule has 182 valence electrons. The van der Waals surface area contributed by atoms with Crippen molar-refractivity contribution in [2.75, 3.05) is 29.4 Å². The van der Waals surface area contributed by atoms with Gasteiger partial charge in [0, 0.05) is 49.9 Å². The van der Waals surface area contributed by atoms with Gasteiger partial charge in [-0.2, -0.15) is 13.2 Å². The number of rotatable bonds is 4. The van der Waals surface area contributed by atoms with Gasteiger partial charge in [-0.15, -0.1) is 0 Å².